The van der Waals surface area contributed by atoms with Crippen molar-refractivity contribution in [3.05, 3.63) is 64.6 Å². The van der Waals surface area contributed by atoms with Crippen LogP contribution in [0.2, 0.25) is 0 Å². The van der Waals surface area contributed by atoms with Crippen molar-refractivity contribution < 1.29 is 0 Å². The number of pyridine rings is 1. The van der Waals surface area contributed by atoms with Gasteiger partial charge in [0.1, 0.15) is 5.82 Å². The minimum absolute atomic E-state index is 0.763. The van der Waals surface area contributed by atoms with E-state index < -0.39 is 0 Å². The minimum Gasteiger partial charge on any atom is -0.399 e. The van der Waals surface area contributed by atoms with Crippen molar-refractivity contribution in [1.82, 2.24) is 4.98 Å². The van der Waals surface area contributed by atoms with Gasteiger partial charge in [0, 0.05) is 29.1 Å². The Labute approximate surface area is 132 Å². The lowest BCUT2D eigenvalue weighted by molar-refractivity contribution is 0.902. The molecule has 0 saturated carbocycles. The summed E-state index contributed by atoms with van der Waals surface area (Å²) in [4.78, 5) is 6.83. The van der Waals surface area contributed by atoms with Gasteiger partial charge in [-0.3, -0.25) is 0 Å². The van der Waals surface area contributed by atoms with Gasteiger partial charge in [-0.25, -0.2) is 4.98 Å². The van der Waals surface area contributed by atoms with E-state index >= 15 is 0 Å². The second kappa shape index (κ2) is 5.74. The quantitative estimate of drug-likeness (QED) is 0.725. The zero-order valence-electron chi connectivity index (χ0n) is 11.8. The molecule has 0 fully saturated rings. The molecule has 2 N–H and O–H groups in total. The first-order valence-electron chi connectivity index (χ1n) is 6.74. The smallest absolute Gasteiger partial charge is 0.129 e. The van der Waals surface area contributed by atoms with Crippen LogP contribution in [0.4, 0.5) is 11.5 Å². The maximum atomic E-state index is 5.80. The first-order valence-corrected chi connectivity index (χ1v) is 7.53. The number of nitrogens with zero attached hydrogens (tertiary/aromatic N) is 2. The lowest BCUT2D eigenvalue weighted by atomic mass is 10.2. The first kappa shape index (κ1) is 13.9. The summed E-state index contributed by atoms with van der Waals surface area (Å²) in [5.41, 5.74) is 8.76. The number of fused-ring (bicyclic) bond motifs is 1. The number of nitrogens with two attached hydrogens (primary N) is 1. The highest BCUT2D eigenvalue weighted by Crippen LogP contribution is 2.21. The SMILES string of the molecule is CN(Cc1cccc(Br)c1)c1ccc2cc(N)ccc2n1. The Morgan fingerprint density at radius 2 is 1.95 bits per heavy atom. The second-order valence-electron chi connectivity index (χ2n) is 5.11. The third-order valence-electron chi connectivity index (χ3n) is 3.40. The van der Waals surface area contributed by atoms with Gasteiger partial charge in [-0.15, -0.1) is 0 Å². The Kier molecular flexibility index (Phi) is 3.80. The zero-order valence-corrected chi connectivity index (χ0v) is 13.3. The fourth-order valence-corrected chi connectivity index (χ4v) is 2.78. The molecule has 106 valence electrons. The maximum Gasteiger partial charge on any atom is 0.129 e. The molecule has 0 amide bonds. The summed E-state index contributed by atoms with van der Waals surface area (Å²) < 4.78 is 1.09. The Morgan fingerprint density at radius 1 is 1.10 bits per heavy atom. The summed E-state index contributed by atoms with van der Waals surface area (Å²) >= 11 is 3.50. The lowest BCUT2D eigenvalue weighted by Crippen LogP contribution is -2.17. The molecule has 0 aliphatic rings. The van der Waals surface area contributed by atoms with Gasteiger partial charge in [-0.1, -0.05) is 28.1 Å². The number of rotatable bonds is 3. The van der Waals surface area contributed by atoms with Crippen LogP contribution in [0.5, 0.6) is 0 Å². The Bertz CT molecular complexity index is 786. The summed E-state index contributed by atoms with van der Waals surface area (Å²) in [6.45, 7) is 0.812. The van der Waals surface area contributed by atoms with Gasteiger partial charge in [0.15, 0.2) is 0 Å². The molecule has 3 rings (SSSR count). The molecular formula is C17H16BrN3. The Balaban J connectivity index is 1.87. The van der Waals surface area contributed by atoms with Crippen LogP contribution in [-0.2, 0) is 6.54 Å². The van der Waals surface area contributed by atoms with E-state index in [1.165, 1.54) is 5.56 Å². The van der Waals surface area contributed by atoms with Crippen LogP contribution in [0.1, 0.15) is 5.56 Å². The standard InChI is InChI=1S/C17H16BrN3/c1-21(11-12-3-2-4-14(18)9-12)17-8-5-13-10-15(19)6-7-16(13)20-17/h2-10H,11,19H2,1H3. The molecule has 21 heavy (non-hydrogen) atoms. The predicted octanol–water partition coefficient (Wildman–Crippen LogP) is 4.22. The van der Waals surface area contributed by atoms with Crippen molar-refractivity contribution in [3.8, 4) is 0 Å². The van der Waals surface area contributed by atoms with Crippen molar-refractivity contribution >= 4 is 38.3 Å². The summed E-state index contributed by atoms with van der Waals surface area (Å²) in [5, 5.41) is 1.06. The normalized spacial score (nSPS) is 10.8. The van der Waals surface area contributed by atoms with E-state index in [4.69, 9.17) is 10.7 Å². The third-order valence-corrected chi connectivity index (χ3v) is 3.89. The van der Waals surface area contributed by atoms with Gasteiger partial charge in [-0.2, -0.15) is 0 Å². The van der Waals surface area contributed by atoms with E-state index in [-0.39, 0.29) is 0 Å². The Morgan fingerprint density at radius 3 is 2.76 bits per heavy atom. The van der Waals surface area contributed by atoms with Crippen molar-refractivity contribution in [1.29, 1.82) is 0 Å². The zero-order chi connectivity index (χ0) is 14.8. The maximum absolute atomic E-state index is 5.80. The van der Waals surface area contributed by atoms with Gasteiger partial charge in [-0.05, 0) is 48.0 Å². The lowest BCUT2D eigenvalue weighted by Gasteiger charge is -2.19. The van der Waals surface area contributed by atoms with Crippen molar-refractivity contribution in [3.63, 3.8) is 0 Å². The molecule has 4 heteroatoms. The van der Waals surface area contributed by atoms with Gasteiger partial charge in [0.2, 0.25) is 0 Å². The number of halogens is 1. The molecular weight excluding hydrogens is 326 g/mol. The van der Waals surface area contributed by atoms with Crippen molar-refractivity contribution in [2.75, 3.05) is 17.7 Å². The molecule has 0 spiro atoms. The van der Waals surface area contributed by atoms with Crippen molar-refractivity contribution in [2.24, 2.45) is 0 Å². The molecule has 0 aliphatic heterocycles. The van der Waals surface area contributed by atoms with Gasteiger partial charge in [0.05, 0.1) is 5.52 Å². The molecule has 0 unspecified atom stereocenters. The van der Waals surface area contributed by atoms with Gasteiger partial charge < -0.3 is 10.6 Å². The number of benzene rings is 2. The van der Waals surface area contributed by atoms with Gasteiger partial charge in [0.25, 0.3) is 0 Å². The average Bonchev–Trinajstić information content (AvgIpc) is 2.46. The summed E-state index contributed by atoms with van der Waals surface area (Å²) in [6, 6.07) is 18.2. The largest absolute Gasteiger partial charge is 0.399 e. The Hall–Kier alpha value is -2.07. The van der Waals surface area contributed by atoms with Gasteiger partial charge >= 0.3 is 0 Å². The van der Waals surface area contributed by atoms with E-state index in [1.54, 1.807) is 0 Å². The van der Waals surface area contributed by atoms with E-state index in [9.17, 15) is 0 Å². The fourth-order valence-electron chi connectivity index (χ4n) is 2.34. The molecule has 0 atom stereocenters. The molecule has 0 bridgehead atoms. The number of nitrogen functional groups attached to an aromatic ring is 1. The minimum atomic E-state index is 0.763. The van der Waals surface area contributed by atoms with E-state index in [0.29, 0.717) is 0 Å². The molecule has 1 aromatic heterocycles. The monoisotopic (exact) mass is 341 g/mol. The van der Waals surface area contributed by atoms with E-state index in [2.05, 4.69) is 39.0 Å². The van der Waals surface area contributed by atoms with E-state index in [1.807, 2.05) is 43.4 Å². The van der Waals surface area contributed by atoms with Crippen LogP contribution in [0.25, 0.3) is 10.9 Å². The topological polar surface area (TPSA) is 42.1 Å². The molecule has 1 heterocycles. The van der Waals surface area contributed by atoms with Crippen molar-refractivity contribution in [2.45, 2.75) is 6.54 Å². The number of hydrogen-bond acceptors (Lipinski definition) is 3. The van der Waals surface area contributed by atoms with Crippen LogP contribution in [0.3, 0.4) is 0 Å². The number of aromatic nitrogens is 1. The van der Waals surface area contributed by atoms with Crippen LogP contribution >= 0.6 is 15.9 Å². The fraction of sp³-hybridized carbons (Fsp3) is 0.118. The van der Waals surface area contributed by atoms with Crippen LogP contribution in [0.15, 0.2) is 59.1 Å². The van der Waals surface area contributed by atoms with Crippen LogP contribution in [0, 0.1) is 0 Å². The average molecular weight is 342 g/mol. The third kappa shape index (κ3) is 3.16. The summed E-state index contributed by atoms with van der Waals surface area (Å²) in [5.74, 6) is 0.951. The summed E-state index contributed by atoms with van der Waals surface area (Å²) in [7, 11) is 2.05. The second-order valence-corrected chi connectivity index (χ2v) is 6.02. The molecule has 3 nitrogen and oxygen atoms in total. The highest BCUT2D eigenvalue weighted by molar-refractivity contribution is 9.10. The molecule has 3 aromatic rings. The molecule has 0 aliphatic carbocycles. The highest BCUT2D eigenvalue weighted by Gasteiger charge is 2.05. The predicted molar refractivity (Wildman–Crippen MR) is 92.4 cm³/mol. The first-order chi connectivity index (χ1) is 10.1. The highest BCUT2D eigenvalue weighted by atomic mass is 79.9. The number of hydrogen-bond donors (Lipinski definition) is 1. The molecule has 0 saturated heterocycles. The summed E-state index contributed by atoms with van der Waals surface area (Å²) in [6.07, 6.45) is 0. The van der Waals surface area contributed by atoms with Crippen LogP contribution < -0.4 is 10.6 Å². The number of anilines is 2. The molecule has 2 aromatic carbocycles. The van der Waals surface area contributed by atoms with Crippen LogP contribution in [-0.4, -0.2) is 12.0 Å². The molecule has 0 radical (unpaired) electrons. The van der Waals surface area contributed by atoms with E-state index in [0.717, 1.165) is 33.4 Å².